The highest BCUT2D eigenvalue weighted by Gasteiger charge is 2.33. The number of anilines is 1. The molecule has 0 spiro atoms. The molecule has 1 fully saturated rings. The fourth-order valence-electron chi connectivity index (χ4n) is 3.41. The van der Waals surface area contributed by atoms with E-state index >= 15 is 0 Å². The second kappa shape index (κ2) is 8.57. The number of nitrogens with zero attached hydrogens (tertiary/aromatic N) is 4. The Morgan fingerprint density at radius 3 is 2.22 bits per heavy atom. The number of benzene rings is 2. The second-order valence-electron chi connectivity index (χ2n) is 6.96. The summed E-state index contributed by atoms with van der Waals surface area (Å²) >= 11 is 6.28. The molecule has 1 aromatic heterocycles. The fourth-order valence-corrected chi connectivity index (χ4v) is 5.14. The van der Waals surface area contributed by atoms with Crippen molar-refractivity contribution >= 4 is 27.3 Å². The van der Waals surface area contributed by atoms with E-state index in [1.807, 2.05) is 0 Å². The van der Waals surface area contributed by atoms with Crippen molar-refractivity contribution in [1.82, 2.24) is 14.1 Å². The predicted octanol–water partition coefficient (Wildman–Crippen LogP) is 2.81. The first-order valence-corrected chi connectivity index (χ1v) is 11.3. The van der Waals surface area contributed by atoms with Gasteiger partial charge in [0.1, 0.15) is 9.92 Å². The van der Waals surface area contributed by atoms with Crippen LogP contribution in [0.3, 0.4) is 0 Å². The molecule has 0 saturated carbocycles. The topological polar surface area (TPSA) is 75.5 Å². The van der Waals surface area contributed by atoms with Crippen molar-refractivity contribution in [1.29, 1.82) is 0 Å². The molecule has 12 heteroatoms. The molecule has 0 aliphatic carbocycles. The maximum atomic E-state index is 14.0. The molecule has 7 nitrogen and oxygen atoms in total. The third-order valence-electron chi connectivity index (χ3n) is 5.10. The van der Waals surface area contributed by atoms with Crippen LogP contribution < -0.4 is 10.5 Å². The van der Waals surface area contributed by atoms with Gasteiger partial charge in [-0.05, 0) is 24.3 Å². The standard InChI is InChI=1S/C20H16ClF3N4O3S/c21-17-15(12-25-28(20(17)29)13-4-2-1-3-5-13)26-8-10-27(11-9-26)32(30,31)16-7-6-14(22)18(23)19(16)24/h1-7,12H,8-11H2. The number of hydrogen-bond donors (Lipinski definition) is 0. The van der Waals surface area contributed by atoms with Gasteiger partial charge in [0.2, 0.25) is 10.0 Å². The lowest BCUT2D eigenvalue weighted by atomic mass is 10.3. The highest BCUT2D eigenvalue weighted by atomic mass is 35.5. The summed E-state index contributed by atoms with van der Waals surface area (Å²) in [7, 11) is -4.39. The Hall–Kier alpha value is -2.89. The Morgan fingerprint density at radius 1 is 0.906 bits per heavy atom. The summed E-state index contributed by atoms with van der Waals surface area (Å²) in [6.45, 7) is 0.0825. The Bertz CT molecular complexity index is 1330. The normalized spacial score (nSPS) is 15.2. The Labute approximate surface area is 186 Å². The predicted molar refractivity (Wildman–Crippen MR) is 112 cm³/mol. The summed E-state index contributed by atoms with van der Waals surface area (Å²) in [5.74, 6) is -5.08. The number of sulfonamides is 1. The lowest BCUT2D eigenvalue weighted by molar-refractivity contribution is 0.377. The zero-order valence-electron chi connectivity index (χ0n) is 16.4. The molecule has 0 unspecified atom stereocenters. The molecule has 1 aliphatic heterocycles. The van der Waals surface area contributed by atoms with E-state index in [-0.39, 0.29) is 31.2 Å². The van der Waals surface area contributed by atoms with Crippen molar-refractivity contribution in [2.24, 2.45) is 0 Å². The molecule has 0 atom stereocenters. The van der Waals surface area contributed by atoms with Crippen molar-refractivity contribution in [2.45, 2.75) is 4.90 Å². The van der Waals surface area contributed by atoms with Gasteiger partial charge >= 0.3 is 0 Å². The van der Waals surface area contributed by atoms with Gasteiger partial charge in [0.05, 0.1) is 17.6 Å². The Kier molecular flexibility index (Phi) is 5.97. The fraction of sp³-hybridized carbons (Fsp3) is 0.200. The van der Waals surface area contributed by atoms with Crippen LogP contribution in [0.5, 0.6) is 0 Å². The zero-order valence-corrected chi connectivity index (χ0v) is 18.0. The van der Waals surface area contributed by atoms with Crippen LogP contribution in [0.4, 0.5) is 18.9 Å². The van der Waals surface area contributed by atoms with Gasteiger partial charge in [-0.15, -0.1) is 0 Å². The summed E-state index contributed by atoms with van der Waals surface area (Å²) in [6, 6.07) is 9.96. The summed E-state index contributed by atoms with van der Waals surface area (Å²) in [6.07, 6.45) is 1.41. The minimum atomic E-state index is -4.39. The maximum Gasteiger partial charge on any atom is 0.292 e. The van der Waals surface area contributed by atoms with Crippen LogP contribution in [-0.2, 0) is 10.0 Å². The number of para-hydroxylation sites is 1. The minimum Gasteiger partial charge on any atom is -0.366 e. The van der Waals surface area contributed by atoms with Crippen LogP contribution in [0, 0.1) is 17.5 Å². The lowest BCUT2D eigenvalue weighted by Gasteiger charge is -2.35. The molecule has 1 saturated heterocycles. The first-order chi connectivity index (χ1) is 15.2. The smallest absolute Gasteiger partial charge is 0.292 e. The molecule has 32 heavy (non-hydrogen) atoms. The van der Waals surface area contributed by atoms with Gasteiger partial charge in [-0.3, -0.25) is 4.79 Å². The summed E-state index contributed by atoms with van der Waals surface area (Å²) in [5, 5.41) is 4.07. The molecule has 2 aromatic carbocycles. The molecule has 0 amide bonds. The molecule has 2 heterocycles. The molecule has 168 valence electrons. The highest BCUT2D eigenvalue weighted by Crippen LogP contribution is 2.27. The summed E-state index contributed by atoms with van der Waals surface area (Å²) in [5.41, 5.74) is 0.338. The maximum absolute atomic E-state index is 14.0. The minimum absolute atomic E-state index is 0.0770. The van der Waals surface area contributed by atoms with Gasteiger partial charge in [-0.25, -0.2) is 21.6 Å². The zero-order chi connectivity index (χ0) is 23.0. The van der Waals surface area contributed by atoms with E-state index < -0.39 is 37.9 Å². The van der Waals surface area contributed by atoms with Crippen molar-refractivity contribution < 1.29 is 21.6 Å². The van der Waals surface area contributed by atoms with Crippen LogP contribution in [-0.4, -0.2) is 48.7 Å². The Morgan fingerprint density at radius 2 is 1.56 bits per heavy atom. The van der Waals surface area contributed by atoms with Crippen LogP contribution in [0.1, 0.15) is 0 Å². The van der Waals surface area contributed by atoms with Gasteiger partial charge in [-0.1, -0.05) is 29.8 Å². The SMILES string of the molecule is O=c1c(Cl)c(N2CCN(S(=O)(=O)c3ccc(F)c(F)c3F)CC2)cnn1-c1ccccc1. The van der Waals surface area contributed by atoms with E-state index in [9.17, 15) is 26.4 Å². The number of aromatic nitrogens is 2. The average molecular weight is 485 g/mol. The quantitative estimate of drug-likeness (QED) is 0.532. The number of halogens is 4. The largest absolute Gasteiger partial charge is 0.366 e. The van der Waals surface area contributed by atoms with Crippen molar-refractivity contribution in [3.05, 3.63) is 81.5 Å². The lowest BCUT2D eigenvalue weighted by Crippen LogP contribution is -2.49. The van der Waals surface area contributed by atoms with Crippen molar-refractivity contribution in [2.75, 3.05) is 31.1 Å². The van der Waals surface area contributed by atoms with Gasteiger partial charge in [0, 0.05) is 26.2 Å². The van der Waals surface area contributed by atoms with E-state index in [0.717, 1.165) is 8.99 Å². The monoisotopic (exact) mass is 484 g/mol. The first kappa shape index (κ1) is 22.3. The molecule has 0 bridgehead atoms. The molecule has 3 aromatic rings. The number of hydrogen-bond acceptors (Lipinski definition) is 5. The van der Waals surface area contributed by atoms with E-state index in [2.05, 4.69) is 5.10 Å². The molecular weight excluding hydrogens is 469 g/mol. The van der Waals surface area contributed by atoms with Crippen molar-refractivity contribution in [3.8, 4) is 5.69 Å². The average Bonchev–Trinajstić information content (AvgIpc) is 2.80. The van der Waals surface area contributed by atoms with E-state index in [1.54, 1.807) is 35.2 Å². The van der Waals surface area contributed by atoms with Crippen LogP contribution in [0.15, 0.2) is 58.4 Å². The third-order valence-corrected chi connectivity index (χ3v) is 7.37. The molecule has 0 N–H and O–H groups in total. The van der Waals surface area contributed by atoms with E-state index in [4.69, 9.17) is 11.6 Å². The molecule has 1 aliphatic rings. The molecule has 0 radical (unpaired) electrons. The number of rotatable bonds is 4. The van der Waals surface area contributed by atoms with Crippen molar-refractivity contribution in [3.63, 3.8) is 0 Å². The van der Waals surface area contributed by atoms with Gasteiger partial charge < -0.3 is 4.90 Å². The highest BCUT2D eigenvalue weighted by molar-refractivity contribution is 7.89. The first-order valence-electron chi connectivity index (χ1n) is 9.43. The van der Waals surface area contributed by atoms with Gasteiger partial charge in [0.25, 0.3) is 5.56 Å². The Balaban J connectivity index is 1.55. The van der Waals surface area contributed by atoms with E-state index in [0.29, 0.717) is 23.5 Å². The second-order valence-corrected chi connectivity index (χ2v) is 9.25. The van der Waals surface area contributed by atoms with Gasteiger partial charge in [0.15, 0.2) is 17.5 Å². The van der Waals surface area contributed by atoms with Crippen LogP contribution >= 0.6 is 11.6 Å². The molecule has 4 rings (SSSR count). The summed E-state index contributed by atoms with van der Waals surface area (Å²) < 4.78 is 68.3. The van der Waals surface area contributed by atoms with E-state index in [1.165, 1.54) is 6.20 Å². The number of piperazine rings is 1. The third kappa shape index (κ3) is 3.87. The van der Waals surface area contributed by atoms with Crippen LogP contribution in [0.25, 0.3) is 5.69 Å². The molecular formula is C20H16ClF3N4O3S. The van der Waals surface area contributed by atoms with Crippen LogP contribution in [0.2, 0.25) is 5.02 Å². The summed E-state index contributed by atoms with van der Waals surface area (Å²) in [4.78, 5) is 13.4. The van der Waals surface area contributed by atoms with Gasteiger partial charge in [-0.2, -0.15) is 14.1 Å².